The summed E-state index contributed by atoms with van der Waals surface area (Å²) in [5, 5.41) is 0.425. The van der Waals surface area contributed by atoms with E-state index < -0.39 is 5.97 Å². The lowest BCUT2D eigenvalue weighted by Crippen LogP contribution is -2.18. The Morgan fingerprint density at radius 2 is 2.19 bits per heavy atom. The molecule has 0 unspecified atom stereocenters. The third-order valence-corrected chi connectivity index (χ3v) is 3.18. The fourth-order valence-corrected chi connectivity index (χ4v) is 2.18. The predicted octanol–water partition coefficient (Wildman–Crippen LogP) is 2.96. The molecule has 0 atom stereocenters. The van der Waals surface area contributed by atoms with Crippen LogP contribution < -0.4 is 5.43 Å². The molecular formula is C16H13NO4. The van der Waals surface area contributed by atoms with Gasteiger partial charge in [-0.25, -0.2) is 4.79 Å². The number of ether oxygens (including phenoxy) is 1. The molecule has 0 saturated heterocycles. The number of furan rings is 1. The van der Waals surface area contributed by atoms with E-state index in [0.717, 1.165) is 5.56 Å². The van der Waals surface area contributed by atoms with Crippen molar-refractivity contribution in [2.75, 3.05) is 6.61 Å². The normalized spacial score (nSPS) is 10.7. The first kappa shape index (κ1) is 13.2. The standard InChI is InChI=1S/C16H13NO4/c1-2-20-16(19)12-9-17-13-6-5-10(8-11(13)15(12)18)14-4-3-7-21-14/h3-9H,2H2,1H3,(H,17,18). The molecule has 106 valence electrons. The van der Waals surface area contributed by atoms with E-state index in [4.69, 9.17) is 9.15 Å². The van der Waals surface area contributed by atoms with Crippen molar-refractivity contribution in [2.45, 2.75) is 6.92 Å². The summed E-state index contributed by atoms with van der Waals surface area (Å²) < 4.78 is 10.2. The molecule has 5 nitrogen and oxygen atoms in total. The molecule has 0 aliphatic carbocycles. The van der Waals surface area contributed by atoms with E-state index in [1.165, 1.54) is 6.20 Å². The van der Waals surface area contributed by atoms with Gasteiger partial charge in [0.2, 0.25) is 5.43 Å². The van der Waals surface area contributed by atoms with Crippen molar-refractivity contribution in [3.63, 3.8) is 0 Å². The molecule has 2 aromatic heterocycles. The monoisotopic (exact) mass is 283 g/mol. The molecule has 0 radical (unpaired) electrons. The van der Waals surface area contributed by atoms with Gasteiger partial charge in [-0.15, -0.1) is 0 Å². The van der Waals surface area contributed by atoms with Crippen LogP contribution >= 0.6 is 0 Å². The lowest BCUT2D eigenvalue weighted by Gasteiger charge is -2.04. The molecule has 21 heavy (non-hydrogen) atoms. The fraction of sp³-hybridized carbons (Fsp3) is 0.125. The highest BCUT2D eigenvalue weighted by atomic mass is 16.5. The molecule has 2 heterocycles. The van der Waals surface area contributed by atoms with Crippen molar-refractivity contribution >= 4 is 16.9 Å². The van der Waals surface area contributed by atoms with Gasteiger partial charge in [0, 0.05) is 22.7 Å². The molecule has 0 aliphatic rings. The Balaban J connectivity index is 2.17. The number of nitrogens with one attached hydrogen (secondary N) is 1. The molecule has 0 aliphatic heterocycles. The number of esters is 1. The maximum absolute atomic E-state index is 12.4. The highest BCUT2D eigenvalue weighted by Gasteiger charge is 2.14. The Bertz CT molecular complexity index is 846. The number of fused-ring (bicyclic) bond motifs is 1. The molecular weight excluding hydrogens is 270 g/mol. The minimum atomic E-state index is -0.621. The Kier molecular flexibility index (Phi) is 3.31. The van der Waals surface area contributed by atoms with Crippen LogP contribution in [0.25, 0.3) is 22.2 Å². The van der Waals surface area contributed by atoms with Gasteiger partial charge < -0.3 is 14.1 Å². The maximum Gasteiger partial charge on any atom is 0.343 e. The Hall–Kier alpha value is -2.82. The zero-order chi connectivity index (χ0) is 14.8. The van der Waals surface area contributed by atoms with E-state index in [-0.39, 0.29) is 17.6 Å². The Labute approximate surface area is 120 Å². The number of hydrogen-bond donors (Lipinski definition) is 1. The second kappa shape index (κ2) is 5.28. The largest absolute Gasteiger partial charge is 0.464 e. The molecule has 0 bridgehead atoms. The van der Waals surface area contributed by atoms with Crippen LogP contribution in [0.4, 0.5) is 0 Å². The van der Waals surface area contributed by atoms with Gasteiger partial charge in [0.05, 0.1) is 12.9 Å². The van der Waals surface area contributed by atoms with Gasteiger partial charge in [0.25, 0.3) is 0 Å². The van der Waals surface area contributed by atoms with Crippen LogP contribution in [0.5, 0.6) is 0 Å². The minimum Gasteiger partial charge on any atom is -0.464 e. The van der Waals surface area contributed by atoms with Crippen molar-refractivity contribution in [2.24, 2.45) is 0 Å². The van der Waals surface area contributed by atoms with Gasteiger partial charge in [0.15, 0.2) is 0 Å². The van der Waals surface area contributed by atoms with Gasteiger partial charge in [0.1, 0.15) is 11.3 Å². The zero-order valence-corrected chi connectivity index (χ0v) is 11.4. The number of carbonyl (C=O) groups is 1. The van der Waals surface area contributed by atoms with Crippen LogP contribution in [0, 0.1) is 0 Å². The van der Waals surface area contributed by atoms with E-state index >= 15 is 0 Å². The van der Waals surface area contributed by atoms with E-state index in [9.17, 15) is 9.59 Å². The lowest BCUT2D eigenvalue weighted by molar-refractivity contribution is 0.0524. The van der Waals surface area contributed by atoms with Crippen LogP contribution in [0.15, 0.2) is 52.0 Å². The molecule has 1 aromatic carbocycles. The number of aromatic amines is 1. The highest BCUT2D eigenvalue weighted by molar-refractivity contribution is 5.94. The maximum atomic E-state index is 12.4. The van der Waals surface area contributed by atoms with Gasteiger partial charge in [-0.3, -0.25) is 4.79 Å². The first-order chi connectivity index (χ1) is 10.2. The second-order valence-corrected chi connectivity index (χ2v) is 4.49. The van der Waals surface area contributed by atoms with Crippen molar-refractivity contribution in [1.29, 1.82) is 0 Å². The van der Waals surface area contributed by atoms with Crippen LogP contribution in [0.1, 0.15) is 17.3 Å². The van der Waals surface area contributed by atoms with E-state index in [1.54, 1.807) is 31.4 Å². The van der Waals surface area contributed by atoms with Crippen LogP contribution in [-0.2, 0) is 4.74 Å². The van der Waals surface area contributed by atoms with Gasteiger partial charge in [-0.1, -0.05) is 0 Å². The summed E-state index contributed by atoms with van der Waals surface area (Å²) in [7, 11) is 0. The molecule has 0 fully saturated rings. The predicted molar refractivity (Wildman–Crippen MR) is 78.2 cm³/mol. The SMILES string of the molecule is CCOC(=O)c1c[nH]c2ccc(-c3ccco3)cc2c1=O. The summed E-state index contributed by atoms with van der Waals surface area (Å²) in [4.78, 5) is 27.1. The fourth-order valence-electron chi connectivity index (χ4n) is 2.18. The molecule has 3 rings (SSSR count). The molecule has 0 saturated carbocycles. The van der Waals surface area contributed by atoms with E-state index in [0.29, 0.717) is 16.7 Å². The molecule has 0 spiro atoms. The quantitative estimate of drug-likeness (QED) is 0.750. The van der Waals surface area contributed by atoms with Crippen molar-refractivity contribution in [3.05, 3.63) is 58.6 Å². The molecule has 0 amide bonds. The third-order valence-electron chi connectivity index (χ3n) is 3.18. The van der Waals surface area contributed by atoms with Crippen molar-refractivity contribution in [3.8, 4) is 11.3 Å². The zero-order valence-electron chi connectivity index (χ0n) is 11.4. The number of rotatable bonds is 3. The van der Waals surface area contributed by atoms with Gasteiger partial charge in [-0.05, 0) is 37.3 Å². The smallest absolute Gasteiger partial charge is 0.343 e. The number of carbonyl (C=O) groups excluding carboxylic acids is 1. The topological polar surface area (TPSA) is 72.3 Å². The van der Waals surface area contributed by atoms with Gasteiger partial charge in [-0.2, -0.15) is 0 Å². The summed E-state index contributed by atoms with van der Waals surface area (Å²) in [6, 6.07) is 8.92. The number of benzene rings is 1. The highest BCUT2D eigenvalue weighted by Crippen LogP contribution is 2.22. The van der Waals surface area contributed by atoms with Crippen LogP contribution in [0.2, 0.25) is 0 Å². The van der Waals surface area contributed by atoms with Gasteiger partial charge >= 0.3 is 5.97 Å². The lowest BCUT2D eigenvalue weighted by atomic mass is 10.1. The average molecular weight is 283 g/mol. The summed E-state index contributed by atoms with van der Waals surface area (Å²) >= 11 is 0. The van der Waals surface area contributed by atoms with E-state index in [2.05, 4.69) is 4.98 Å². The van der Waals surface area contributed by atoms with Crippen LogP contribution in [-0.4, -0.2) is 17.6 Å². The first-order valence-corrected chi connectivity index (χ1v) is 6.57. The van der Waals surface area contributed by atoms with Crippen molar-refractivity contribution < 1.29 is 13.9 Å². The molecule has 5 heteroatoms. The Morgan fingerprint density at radius 3 is 2.90 bits per heavy atom. The number of aromatic nitrogens is 1. The first-order valence-electron chi connectivity index (χ1n) is 6.57. The number of H-pyrrole nitrogens is 1. The van der Waals surface area contributed by atoms with Crippen molar-refractivity contribution in [1.82, 2.24) is 4.98 Å². The summed E-state index contributed by atoms with van der Waals surface area (Å²) in [5.74, 6) is 0.0434. The minimum absolute atomic E-state index is 0.000875. The third kappa shape index (κ3) is 2.33. The number of hydrogen-bond acceptors (Lipinski definition) is 4. The molecule has 1 N–H and O–H groups in total. The summed E-state index contributed by atoms with van der Waals surface area (Å²) in [6.45, 7) is 1.92. The van der Waals surface area contributed by atoms with Crippen LogP contribution in [0.3, 0.4) is 0 Å². The summed E-state index contributed by atoms with van der Waals surface area (Å²) in [6.07, 6.45) is 2.95. The summed E-state index contributed by atoms with van der Waals surface area (Å²) in [5.41, 5.74) is 1.08. The second-order valence-electron chi connectivity index (χ2n) is 4.49. The number of pyridine rings is 1. The Morgan fingerprint density at radius 1 is 1.33 bits per heavy atom. The van der Waals surface area contributed by atoms with E-state index in [1.807, 2.05) is 12.1 Å². The average Bonchev–Trinajstić information content (AvgIpc) is 3.02. The molecule has 3 aromatic rings.